The van der Waals surface area contributed by atoms with E-state index >= 15 is 0 Å². The van der Waals surface area contributed by atoms with Crippen LogP contribution < -0.4 is 0 Å². The van der Waals surface area contributed by atoms with E-state index in [0.29, 0.717) is 18.8 Å². The van der Waals surface area contributed by atoms with Crippen molar-refractivity contribution in [2.45, 2.75) is 193 Å². The zero-order chi connectivity index (χ0) is 36.5. The lowest BCUT2D eigenvalue weighted by atomic mass is 9.64. The topological polar surface area (TPSA) is 54.0 Å². The van der Waals surface area contributed by atoms with Gasteiger partial charge in [0, 0.05) is 12.8 Å². The molecule has 0 N–H and O–H groups in total. The SMILES string of the molecule is C=C1C(=CC=C2CCC[C@]3(C)C(CC)=CC[C@@H]23)C[C@](OCC(=O)OC2CCCCCC2)(O[Si](C)(C)C(C)(C)C)CC1O[Si](C)(C)C(C)(C)C. The fraction of sp³-hybridized carbons (Fsp3) is 0.786. The Kier molecular flexibility index (Phi) is 12.7. The quantitative estimate of drug-likeness (QED) is 0.0742. The van der Waals surface area contributed by atoms with Crippen molar-refractivity contribution in [2.24, 2.45) is 11.3 Å². The van der Waals surface area contributed by atoms with Gasteiger partial charge in [0.15, 0.2) is 22.4 Å². The van der Waals surface area contributed by atoms with Crippen molar-refractivity contribution in [3.05, 3.63) is 47.1 Å². The number of carbonyl (C=O) groups excluding carboxylic acids is 1. The highest BCUT2D eigenvalue weighted by atomic mass is 28.4. The van der Waals surface area contributed by atoms with Crippen LogP contribution in [0.5, 0.6) is 0 Å². The molecule has 3 fully saturated rings. The first-order chi connectivity index (χ1) is 22.6. The molecule has 0 aromatic carbocycles. The highest BCUT2D eigenvalue weighted by molar-refractivity contribution is 6.74. The number of allylic oxidation sites excluding steroid dienone is 5. The summed E-state index contributed by atoms with van der Waals surface area (Å²) < 4.78 is 27.4. The third-order valence-electron chi connectivity index (χ3n) is 13.4. The Labute approximate surface area is 303 Å². The number of fused-ring (bicyclic) bond motifs is 1. The average molecular weight is 713 g/mol. The minimum atomic E-state index is -2.36. The maximum Gasteiger partial charge on any atom is 0.332 e. The molecule has 4 rings (SSSR count). The van der Waals surface area contributed by atoms with Gasteiger partial charge >= 0.3 is 5.97 Å². The fourth-order valence-electron chi connectivity index (χ4n) is 8.17. The second kappa shape index (κ2) is 15.4. The molecular weight excluding hydrogens is 641 g/mol. The number of carbonyl (C=O) groups is 1. The Bertz CT molecular complexity index is 1290. The van der Waals surface area contributed by atoms with Crippen molar-refractivity contribution in [3.8, 4) is 0 Å². The zero-order valence-electron chi connectivity index (χ0n) is 33.6. The Morgan fingerprint density at radius 2 is 1.59 bits per heavy atom. The van der Waals surface area contributed by atoms with Crippen molar-refractivity contribution < 1.29 is 23.1 Å². The van der Waals surface area contributed by atoms with Crippen LogP contribution in [0, 0.1) is 11.3 Å². The van der Waals surface area contributed by atoms with E-state index < -0.39 is 22.4 Å². The largest absolute Gasteiger partial charge is 0.461 e. The highest BCUT2D eigenvalue weighted by Crippen LogP contribution is 2.56. The molecule has 0 saturated heterocycles. The van der Waals surface area contributed by atoms with Crippen molar-refractivity contribution in [1.82, 2.24) is 0 Å². The van der Waals surface area contributed by atoms with Crippen molar-refractivity contribution in [3.63, 3.8) is 0 Å². The third kappa shape index (κ3) is 9.41. The second-order valence-corrected chi connectivity index (χ2v) is 28.5. The molecule has 0 aromatic heterocycles. The summed E-state index contributed by atoms with van der Waals surface area (Å²) in [6.07, 6.45) is 20.5. The summed E-state index contributed by atoms with van der Waals surface area (Å²) in [7, 11) is -4.55. The standard InChI is InChI=1S/C42H72O5Si2/c1-14-34-25-26-36-32(20-19-27-41(34,36)9)23-24-33-28-42(47-49(12,13)40(6,7)8,29-37(31(33)2)46-48(10,11)39(3,4)5)44-30-38(43)45-35-21-17-15-16-18-22-35/h23-25,35-37H,2,14-22,26-30H2,1,3-13H3/t36-,37?,41+,42-/m0/s1. The summed E-state index contributed by atoms with van der Waals surface area (Å²) in [4.78, 5) is 13.4. The van der Waals surface area contributed by atoms with Crippen LogP contribution >= 0.6 is 0 Å². The highest BCUT2D eigenvalue weighted by Gasteiger charge is 2.52. The molecule has 0 spiro atoms. The molecule has 4 atom stereocenters. The molecule has 0 radical (unpaired) electrons. The molecule has 5 nitrogen and oxygen atoms in total. The summed E-state index contributed by atoms with van der Waals surface area (Å²) in [5, 5.41) is -0.0127. The third-order valence-corrected chi connectivity index (χ3v) is 22.4. The zero-order valence-corrected chi connectivity index (χ0v) is 35.6. The Morgan fingerprint density at radius 3 is 2.18 bits per heavy atom. The van der Waals surface area contributed by atoms with Gasteiger partial charge in [-0.25, -0.2) is 4.79 Å². The predicted molar refractivity (Wildman–Crippen MR) is 210 cm³/mol. The van der Waals surface area contributed by atoms with Crippen molar-refractivity contribution in [2.75, 3.05) is 6.61 Å². The summed E-state index contributed by atoms with van der Waals surface area (Å²) in [5.41, 5.74) is 5.59. The van der Waals surface area contributed by atoms with Crippen LogP contribution in [0.4, 0.5) is 0 Å². The van der Waals surface area contributed by atoms with Crippen LogP contribution in [-0.2, 0) is 23.1 Å². The maximum absolute atomic E-state index is 13.4. The molecule has 1 unspecified atom stereocenters. The van der Waals surface area contributed by atoms with E-state index in [1.54, 1.807) is 11.1 Å². The Hall–Kier alpha value is -1.26. The van der Waals surface area contributed by atoms with Gasteiger partial charge in [-0.3, -0.25) is 0 Å². The first kappa shape index (κ1) is 40.5. The van der Waals surface area contributed by atoms with Gasteiger partial charge in [-0.15, -0.1) is 0 Å². The average Bonchev–Trinajstić information content (AvgIpc) is 3.13. The summed E-state index contributed by atoms with van der Waals surface area (Å²) in [6.45, 7) is 32.2. The molecular formula is C42H72O5Si2. The molecule has 7 heteroatoms. The van der Waals surface area contributed by atoms with Gasteiger partial charge in [-0.05, 0) is 117 Å². The summed E-state index contributed by atoms with van der Waals surface area (Å²) in [5.74, 6) is -0.742. The second-order valence-electron chi connectivity index (χ2n) is 19.0. The smallest absolute Gasteiger partial charge is 0.332 e. The van der Waals surface area contributed by atoms with E-state index in [9.17, 15) is 4.79 Å². The normalized spacial score (nSPS) is 31.1. The van der Waals surface area contributed by atoms with Gasteiger partial charge in [-0.1, -0.05) is 104 Å². The minimum absolute atomic E-state index is 0.0155. The van der Waals surface area contributed by atoms with E-state index in [4.69, 9.17) is 24.9 Å². The number of hydrogen-bond acceptors (Lipinski definition) is 5. The molecule has 4 aliphatic rings. The number of esters is 1. The van der Waals surface area contributed by atoms with Gasteiger partial charge in [-0.2, -0.15) is 0 Å². The molecule has 0 bridgehead atoms. The van der Waals surface area contributed by atoms with Crippen LogP contribution in [-0.4, -0.2) is 47.2 Å². The van der Waals surface area contributed by atoms with E-state index in [0.717, 1.165) is 56.1 Å². The number of ether oxygens (including phenoxy) is 2. The molecule has 3 saturated carbocycles. The monoisotopic (exact) mass is 712 g/mol. The molecule has 0 aliphatic heterocycles. The first-order valence-electron chi connectivity index (χ1n) is 19.6. The molecule has 4 aliphatic carbocycles. The van der Waals surface area contributed by atoms with Gasteiger partial charge in [0.1, 0.15) is 12.7 Å². The molecule has 278 valence electrons. The van der Waals surface area contributed by atoms with Gasteiger partial charge in [0.05, 0.1) is 6.10 Å². The van der Waals surface area contributed by atoms with Gasteiger partial charge in [0.2, 0.25) is 0 Å². The minimum Gasteiger partial charge on any atom is -0.461 e. The van der Waals surface area contributed by atoms with E-state index in [-0.39, 0.29) is 40.3 Å². The van der Waals surface area contributed by atoms with E-state index in [2.05, 4.69) is 99.8 Å². The number of hydrogen-bond donors (Lipinski definition) is 0. The van der Waals surface area contributed by atoms with E-state index in [1.807, 2.05) is 0 Å². The van der Waals surface area contributed by atoms with Gasteiger partial charge in [0.25, 0.3) is 0 Å². The summed E-state index contributed by atoms with van der Waals surface area (Å²) >= 11 is 0. The lowest BCUT2D eigenvalue weighted by molar-refractivity contribution is -0.217. The first-order valence-corrected chi connectivity index (χ1v) is 25.4. The lowest BCUT2D eigenvalue weighted by Gasteiger charge is -2.51. The fourth-order valence-corrected chi connectivity index (χ4v) is 10.9. The Morgan fingerprint density at radius 1 is 0.959 bits per heavy atom. The van der Waals surface area contributed by atoms with Gasteiger partial charge < -0.3 is 18.3 Å². The maximum atomic E-state index is 13.4. The summed E-state index contributed by atoms with van der Waals surface area (Å²) in [6, 6.07) is 0. The van der Waals surface area contributed by atoms with Crippen molar-refractivity contribution >= 4 is 22.6 Å². The number of rotatable bonds is 10. The van der Waals surface area contributed by atoms with Crippen molar-refractivity contribution in [1.29, 1.82) is 0 Å². The molecule has 49 heavy (non-hydrogen) atoms. The lowest BCUT2D eigenvalue weighted by Crippen LogP contribution is -2.56. The van der Waals surface area contributed by atoms with Crippen LogP contribution in [0.1, 0.15) is 139 Å². The van der Waals surface area contributed by atoms with Crippen LogP contribution in [0.3, 0.4) is 0 Å². The van der Waals surface area contributed by atoms with E-state index in [1.165, 1.54) is 25.7 Å². The molecule has 0 amide bonds. The van der Waals surface area contributed by atoms with Crippen LogP contribution in [0.2, 0.25) is 36.3 Å². The van der Waals surface area contributed by atoms with Crippen LogP contribution in [0.15, 0.2) is 47.1 Å². The molecule has 0 heterocycles. The molecule has 0 aromatic rings. The predicted octanol–water partition coefficient (Wildman–Crippen LogP) is 12.1. The Balaban J connectivity index is 1.72. The van der Waals surface area contributed by atoms with Crippen LogP contribution in [0.25, 0.3) is 0 Å².